The van der Waals surface area contributed by atoms with E-state index in [0.29, 0.717) is 12.5 Å². The van der Waals surface area contributed by atoms with Crippen LogP contribution in [0.15, 0.2) is 30.5 Å². The van der Waals surface area contributed by atoms with Crippen molar-refractivity contribution in [1.29, 1.82) is 0 Å². The van der Waals surface area contributed by atoms with Crippen LogP contribution in [-0.4, -0.2) is 11.6 Å². The van der Waals surface area contributed by atoms with Crippen molar-refractivity contribution < 1.29 is 4.74 Å². The Bertz CT molecular complexity index is 568. The average Bonchev–Trinajstić information content (AvgIpc) is 2.54. The Morgan fingerprint density at radius 2 is 2.05 bits per heavy atom. The molecule has 2 N–H and O–H groups in total. The van der Waals surface area contributed by atoms with Crippen LogP contribution >= 0.6 is 0 Å². The van der Waals surface area contributed by atoms with E-state index in [1.165, 1.54) is 19.3 Å². The summed E-state index contributed by atoms with van der Waals surface area (Å²) in [7, 11) is 0. The van der Waals surface area contributed by atoms with Crippen molar-refractivity contribution in [2.24, 2.45) is 11.7 Å². The van der Waals surface area contributed by atoms with Crippen molar-refractivity contribution in [2.45, 2.75) is 46.1 Å². The highest BCUT2D eigenvalue weighted by Gasteiger charge is 2.12. The lowest BCUT2D eigenvalue weighted by molar-refractivity contribution is 0.234. The molecular weight excluding hydrogens is 260 g/mol. The van der Waals surface area contributed by atoms with Crippen LogP contribution in [-0.2, 0) is 6.54 Å². The summed E-state index contributed by atoms with van der Waals surface area (Å²) in [5.74, 6) is 1.53. The summed E-state index contributed by atoms with van der Waals surface area (Å²) in [6.45, 7) is 5.69. The van der Waals surface area contributed by atoms with Gasteiger partial charge in [0.15, 0.2) is 0 Å². The molecule has 0 bridgehead atoms. The summed E-state index contributed by atoms with van der Waals surface area (Å²) in [5.41, 5.74) is 7.79. The molecule has 1 unspecified atom stereocenters. The van der Waals surface area contributed by atoms with Crippen LogP contribution in [0.3, 0.4) is 0 Å². The maximum absolute atomic E-state index is 6.17. The Balaban J connectivity index is 2.19. The average molecular weight is 286 g/mol. The zero-order valence-electron chi connectivity index (χ0n) is 13.1. The topological polar surface area (TPSA) is 48.1 Å². The molecule has 0 amide bonds. The number of para-hydroxylation sites is 1. The molecule has 3 heteroatoms. The van der Waals surface area contributed by atoms with Gasteiger partial charge >= 0.3 is 0 Å². The van der Waals surface area contributed by atoms with Gasteiger partial charge in [-0.3, -0.25) is 4.98 Å². The molecule has 0 fully saturated rings. The maximum Gasteiger partial charge on any atom is 0.134 e. The molecule has 0 aliphatic rings. The Morgan fingerprint density at radius 1 is 1.24 bits per heavy atom. The van der Waals surface area contributed by atoms with Crippen LogP contribution in [0.1, 0.15) is 45.1 Å². The fourth-order valence-electron chi connectivity index (χ4n) is 2.57. The number of benzene rings is 1. The number of hydrogen-bond donors (Lipinski definition) is 1. The first-order chi connectivity index (χ1) is 10.3. The molecule has 0 saturated heterocycles. The fraction of sp³-hybridized carbons (Fsp3) is 0.500. The van der Waals surface area contributed by atoms with Crippen LogP contribution in [0.5, 0.6) is 5.75 Å². The van der Waals surface area contributed by atoms with Gasteiger partial charge in [0, 0.05) is 23.7 Å². The molecule has 1 aromatic heterocycles. The monoisotopic (exact) mass is 286 g/mol. The van der Waals surface area contributed by atoms with Crippen LogP contribution in [0.4, 0.5) is 0 Å². The summed E-state index contributed by atoms with van der Waals surface area (Å²) in [6, 6.07) is 8.09. The summed E-state index contributed by atoms with van der Waals surface area (Å²) in [4.78, 5) is 4.45. The Morgan fingerprint density at radius 3 is 2.76 bits per heavy atom. The Hall–Kier alpha value is -1.61. The second kappa shape index (κ2) is 7.99. The van der Waals surface area contributed by atoms with Gasteiger partial charge in [0.25, 0.3) is 0 Å². The van der Waals surface area contributed by atoms with Gasteiger partial charge in [-0.05, 0) is 24.5 Å². The van der Waals surface area contributed by atoms with Crippen molar-refractivity contribution in [3.05, 3.63) is 36.0 Å². The van der Waals surface area contributed by atoms with Crippen molar-refractivity contribution in [3.8, 4) is 5.75 Å². The first kappa shape index (κ1) is 15.8. The van der Waals surface area contributed by atoms with Crippen LogP contribution < -0.4 is 10.5 Å². The van der Waals surface area contributed by atoms with Crippen molar-refractivity contribution in [3.63, 3.8) is 0 Å². The first-order valence-electron chi connectivity index (χ1n) is 7.99. The molecule has 2 aromatic rings. The highest BCUT2D eigenvalue weighted by atomic mass is 16.5. The second-order valence-electron chi connectivity index (χ2n) is 5.56. The summed E-state index contributed by atoms with van der Waals surface area (Å²) in [5, 5.41) is 1.06. The quantitative estimate of drug-likeness (QED) is 0.787. The summed E-state index contributed by atoms with van der Waals surface area (Å²) in [6.07, 6.45) is 6.73. The summed E-state index contributed by atoms with van der Waals surface area (Å²) < 4.78 is 6.17. The van der Waals surface area contributed by atoms with E-state index in [2.05, 4.69) is 24.9 Å². The molecular formula is C18H26N2O. The molecule has 1 aromatic carbocycles. The first-order valence-corrected chi connectivity index (χ1v) is 7.99. The normalized spacial score (nSPS) is 12.5. The Kier molecular flexibility index (Phi) is 6.00. The van der Waals surface area contributed by atoms with E-state index in [9.17, 15) is 0 Å². The molecule has 0 aliphatic carbocycles. The predicted octanol–water partition coefficient (Wildman–Crippen LogP) is 4.29. The highest BCUT2D eigenvalue weighted by molar-refractivity contribution is 5.86. The number of hydrogen-bond acceptors (Lipinski definition) is 3. The third-order valence-electron chi connectivity index (χ3n) is 4.03. The molecule has 0 saturated carbocycles. The third-order valence-corrected chi connectivity index (χ3v) is 4.03. The Labute approximate surface area is 127 Å². The lowest BCUT2D eigenvalue weighted by Gasteiger charge is -2.18. The SMILES string of the molecule is CCCCC(CC)COc1c(CN)cnc2ccccc12. The molecule has 21 heavy (non-hydrogen) atoms. The number of pyridine rings is 1. The van der Waals surface area contributed by atoms with Gasteiger partial charge in [0.1, 0.15) is 5.75 Å². The largest absolute Gasteiger partial charge is 0.492 e. The molecule has 3 nitrogen and oxygen atoms in total. The van der Waals surface area contributed by atoms with Gasteiger partial charge in [-0.2, -0.15) is 0 Å². The molecule has 0 radical (unpaired) electrons. The minimum Gasteiger partial charge on any atom is -0.492 e. The van der Waals surface area contributed by atoms with E-state index in [-0.39, 0.29) is 0 Å². The lowest BCUT2D eigenvalue weighted by Crippen LogP contribution is -2.13. The van der Waals surface area contributed by atoms with E-state index in [0.717, 1.165) is 35.2 Å². The lowest BCUT2D eigenvalue weighted by atomic mass is 10.0. The molecule has 0 aliphatic heterocycles. The number of fused-ring (bicyclic) bond motifs is 1. The van der Waals surface area contributed by atoms with Gasteiger partial charge in [-0.25, -0.2) is 0 Å². The van der Waals surface area contributed by atoms with Crippen LogP contribution in [0, 0.1) is 5.92 Å². The van der Waals surface area contributed by atoms with Gasteiger partial charge in [-0.1, -0.05) is 45.2 Å². The second-order valence-corrected chi connectivity index (χ2v) is 5.56. The molecule has 1 heterocycles. The predicted molar refractivity (Wildman–Crippen MR) is 88.4 cm³/mol. The van der Waals surface area contributed by atoms with Crippen molar-refractivity contribution in [2.75, 3.05) is 6.61 Å². The number of unbranched alkanes of at least 4 members (excludes halogenated alkanes) is 1. The van der Waals surface area contributed by atoms with E-state index < -0.39 is 0 Å². The summed E-state index contributed by atoms with van der Waals surface area (Å²) >= 11 is 0. The van der Waals surface area contributed by atoms with Crippen LogP contribution in [0.2, 0.25) is 0 Å². The fourth-order valence-corrected chi connectivity index (χ4v) is 2.57. The zero-order chi connectivity index (χ0) is 15.1. The molecule has 0 spiro atoms. The molecule has 114 valence electrons. The van der Waals surface area contributed by atoms with Crippen molar-refractivity contribution in [1.82, 2.24) is 4.98 Å². The number of aromatic nitrogens is 1. The van der Waals surface area contributed by atoms with E-state index in [4.69, 9.17) is 10.5 Å². The minimum absolute atomic E-state index is 0.457. The molecule has 1 atom stereocenters. The maximum atomic E-state index is 6.17. The van der Waals surface area contributed by atoms with Crippen LogP contribution in [0.25, 0.3) is 10.9 Å². The van der Waals surface area contributed by atoms with Crippen molar-refractivity contribution >= 4 is 10.9 Å². The van der Waals surface area contributed by atoms with E-state index in [1.54, 1.807) is 0 Å². The minimum atomic E-state index is 0.457. The number of ether oxygens (including phenoxy) is 1. The van der Waals surface area contributed by atoms with E-state index in [1.807, 2.05) is 24.4 Å². The number of nitrogens with zero attached hydrogens (tertiary/aromatic N) is 1. The zero-order valence-corrected chi connectivity index (χ0v) is 13.1. The number of rotatable bonds is 8. The smallest absolute Gasteiger partial charge is 0.134 e. The van der Waals surface area contributed by atoms with Gasteiger partial charge < -0.3 is 10.5 Å². The van der Waals surface area contributed by atoms with Gasteiger partial charge in [-0.15, -0.1) is 0 Å². The van der Waals surface area contributed by atoms with Gasteiger partial charge in [0.05, 0.1) is 12.1 Å². The standard InChI is InChI=1S/C18H26N2O/c1-3-5-8-14(4-2)13-21-18-15(11-19)12-20-17-10-7-6-9-16(17)18/h6-7,9-10,12,14H,3-5,8,11,13,19H2,1-2H3. The number of nitrogens with two attached hydrogens (primary N) is 1. The third kappa shape index (κ3) is 3.94. The molecule has 2 rings (SSSR count). The van der Waals surface area contributed by atoms with Gasteiger partial charge in [0.2, 0.25) is 0 Å². The highest BCUT2D eigenvalue weighted by Crippen LogP contribution is 2.29. The van der Waals surface area contributed by atoms with E-state index >= 15 is 0 Å².